The lowest BCUT2D eigenvalue weighted by Gasteiger charge is -2.14. The summed E-state index contributed by atoms with van der Waals surface area (Å²) in [5, 5.41) is 4.49. The SMILES string of the molecule is CCOc1cc(/C=C2/C(=O)NN(c3ccccc3)C2=O)ccc1OCC(=O)Nc1ccc(Cl)cc1. The lowest BCUT2D eigenvalue weighted by molar-refractivity contribution is -0.118. The van der Waals surface area contributed by atoms with Crippen molar-refractivity contribution in [3.8, 4) is 11.5 Å². The van der Waals surface area contributed by atoms with Gasteiger partial charge in [-0.1, -0.05) is 35.9 Å². The van der Waals surface area contributed by atoms with Crippen LogP contribution in [0.15, 0.2) is 78.4 Å². The fraction of sp³-hybridized carbons (Fsp3) is 0.115. The van der Waals surface area contributed by atoms with Crippen LogP contribution in [-0.4, -0.2) is 30.9 Å². The van der Waals surface area contributed by atoms with E-state index in [9.17, 15) is 14.4 Å². The lowest BCUT2D eigenvalue weighted by Crippen LogP contribution is -2.35. The van der Waals surface area contributed by atoms with Gasteiger partial charge in [-0.05, 0) is 67.1 Å². The van der Waals surface area contributed by atoms with Crippen LogP contribution >= 0.6 is 11.6 Å². The molecule has 3 aromatic carbocycles. The Morgan fingerprint density at radius 2 is 1.74 bits per heavy atom. The van der Waals surface area contributed by atoms with Gasteiger partial charge in [-0.25, -0.2) is 5.01 Å². The first-order valence-corrected chi connectivity index (χ1v) is 11.2. The summed E-state index contributed by atoms with van der Waals surface area (Å²) in [7, 11) is 0. The molecule has 3 aromatic rings. The standard InChI is InChI=1S/C26H22ClN3O5/c1-2-34-23-15-17(14-21-25(32)29-30(26(21)33)20-6-4-3-5-7-20)8-13-22(23)35-16-24(31)28-19-11-9-18(27)10-12-19/h3-15H,2,16H2,1H3,(H,28,31)(H,29,32)/b21-14-. The number of carbonyl (C=O) groups is 3. The van der Waals surface area contributed by atoms with Crippen molar-refractivity contribution < 1.29 is 23.9 Å². The smallest absolute Gasteiger partial charge is 0.282 e. The minimum atomic E-state index is -0.504. The number of ether oxygens (including phenoxy) is 2. The number of hydrazine groups is 1. The summed E-state index contributed by atoms with van der Waals surface area (Å²) in [5.41, 5.74) is 4.28. The van der Waals surface area contributed by atoms with E-state index in [1.54, 1.807) is 66.7 Å². The molecule has 1 heterocycles. The molecule has 9 heteroatoms. The number of hydrogen-bond acceptors (Lipinski definition) is 5. The Bertz CT molecular complexity index is 1280. The quantitative estimate of drug-likeness (QED) is 0.363. The largest absolute Gasteiger partial charge is 0.490 e. The van der Waals surface area contributed by atoms with Crippen LogP contribution in [0, 0.1) is 0 Å². The highest BCUT2D eigenvalue weighted by molar-refractivity contribution is 6.31. The lowest BCUT2D eigenvalue weighted by atomic mass is 10.1. The van der Waals surface area contributed by atoms with Crippen molar-refractivity contribution in [3.05, 3.63) is 89.0 Å². The van der Waals surface area contributed by atoms with Gasteiger partial charge in [0.05, 0.1) is 12.3 Å². The predicted molar refractivity (Wildman–Crippen MR) is 133 cm³/mol. The Labute approximate surface area is 207 Å². The van der Waals surface area contributed by atoms with Gasteiger partial charge in [0.2, 0.25) is 0 Å². The van der Waals surface area contributed by atoms with Crippen LogP contribution in [0.5, 0.6) is 11.5 Å². The highest BCUT2D eigenvalue weighted by Gasteiger charge is 2.34. The van der Waals surface area contributed by atoms with Crippen LogP contribution in [0.25, 0.3) is 6.08 Å². The third kappa shape index (κ3) is 5.80. The number of carbonyl (C=O) groups excluding carboxylic acids is 3. The molecule has 0 bridgehead atoms. The molecule has 1 aliphatic heterocycles. The molecule has 0 saturated carbocycles. The molecule has 4 rings (SSSR count). The van der Waals surface area contributed by atoms with Gasteiger partial charge in [-0.15, -0.1) is 0 Å². The van der Waals surface area contributed by atoms with Gasteiger partial charge in [0.25, 0.3) is 17.7 Å². The van der Waals surface area contributed by atoms with E-state index in [2.05, 4.69) is 10.7 Å². The molecular formula is C26H22ClN3O5. The predicted octanol–water partition coefficient (Wildman–Crippen LogP) is 4.22. The fourth-order valence-electron chi connectivity index (χ4n) is 3.36. The van der Waals surface area contributed by atoms with Crippen LogP contribution in [0.2, 0.25) is 5.02 Å². The van der Waals surface area contributed by atoms with Crippen LogP contribution < -0.4 is 25.2 Å². The summed E-state index contributed by atoms with van der Waals surface area (Å²) >= 11 is 5.86. The van der Waals surface area contributed by atoms with Crippen LogP contribution in [0.1, 0.15) is 12.5 Å². The molecule has 0 spiro atoms. The van der Waals surface area contributed by atoms with Crippen LogP contribution in [0.3, 0.4) is 0 Å². The second-order valence-corrected chi connectivity index (χ2v) is 7.89. The Balaban J connectivity index is 1.47. The van der Waals surface area contributed by atoms with E-state index >= 15 is 0 Å². The van der Waals surface area contributed by atoms with E-state index in [4.69, 9.17) is 21.1 Å². The average Bonchev–Trinajstić information content (AvgIpc) is 3.14. The average molecular weight is 492 g/mol. The Kier molecular flexibility index (Phi) is 7.32. The summed E-state index contributed by atoms with van der Waals surface area (Å²) < 4.78 is 11.3. The van der Waals surface area contributed by atoms with E-state index in [0.717, 1.165) is 0 Å². The number of amides is 3. The van der Waals surface area contributed by atoms with Crippen LogP contribution in [-0.2, 0) is 14.4 Å². The van der Waals surface area contributed by atoms with Gasteiger partial charge in [0.1, 0.15) is 5.57 Å². The topological polar surface area (TPSA) is 97.0 Å². The number of halogens is 1. The number of anilines is 2. The first-order valence-electron chi connectivity index (χ1n) is 10.8. The number of para-hydroxylation sites is 1. The fourth-order valence-corrected chi connectivity index (χ4v) is 3.48. The maximum absolute atomic E-state index is 12.8. The maximum atomic E-state index is 12.8. The molecule has 35 heavy (non-hydrogen) atoms. The number of rotatable bonds is 8. The number of nitrogens with one attached hydrogen (secondary N) is 2. The van der Waals surface area contributed by atoms with Crippen molar-refractivity contribution in [2.75, 3.05) is 23.5 Å². The number of hydrogen-bond donors (Lipinski definition) is 2. The van der Waals surface area contributed by atoms with Crippen molar-refractivity contribution in [2.45, 2.75) is 6.92 Å². The number of benzene rings is 3. The van der Waals surface area contributed by atoms with Crippen molar-refractivity contribution in [3.63, 3.8) is 0 Å². The van der Waals surface area contributed by atoms with Crippen molar-refractivity contribution in [1.29, 1.82) is 0 Å². The zero-order valence-electron chi connectivity index (χ0n) is 18.8. The molecule has 1 aliphatic rings. The summed E-state index contributed by atoms with van der Waals surface area (Å²) in [4.78, 5) is 37.5. The van der Waals surface area contributed by atoms with Gasteiger partial charge in [-0.3, -0.25) is 19.8 Å². The molecule has 3 amide bonds. The van der Waals surface area contributed by atoms with E-state index in [1.807, 2.05) is 13.0 Å². The third-order valence-corrected chi connectivity index (χ3v) is 5.22. The van der Waals surface area contributed by atoms with Crippen molar-refractivity contribution >= 4 is 46.8 Å². The Morgan fingerprint density at radius 3 is 2.46 bits per heavy atom. The molecule has 0 unspecified atom stereocenters. The number of nitrogens with zero attached hydrogens (tertiary/aromatic N) is 1. The minimum Gasteiger partial charge on any atom is -0.490 e. The summed E-state index contributed by atoms with van der Waals surface area (Å²) in [6, 6.07) is 20.5. The molecular weight excluding hydrogens is 470 g/mol. The van der Waals surface area contributed by atoms with Gasteiger partial charge in [0, 0.05) is 10.7 Å². The molecule has 0 aromatic heterocycles. The Morgan fingerprint density at radius 1 is 1.00 bits per heavy atom. The van der Waals surface area contributed by atoms with Gasteiger partial charge < -0.3 is 14.8 Å². The molecule has 0 radical (unpaired) electrons. The monoisotopic (exact) mass is 491 g/mol. The first kappa shape index (κ1) is 23.8. The molecule has 2 N–H and O–H groups in total. The maximum Gasteiger partial charge on any atom is 0.282 e. The van der Waals surface area contributed by atoms with Crippen molar-refractivity contribution in [1.82, 2.24) is 5.43 Å². The minimum absolute atomic E-state index is 0.00712. The second kappa shape index (κ2) is 10.8. The molecule has 1 saturated heterocycles. The highest BCUT2D eigenvalue weighted by Crippen LogP contribution is 2.30. The summed E-state index contributed by atoms with van der Waals surface area (Å²) in [5.74, 6) is -0.579. The third-order valence-electron chi connectivity index (χ3n) is 4.97. The second-order valence-electron chi connectivity index (χ2n) is 7.46. The summed E-state index contributed by atoms with van der Waals surface area (Å²) in [6.45, 7) is 1.93. The molecule has 0 aliphatic carbocycles. The van der Waals surface area contributed by atoms with Gasteiger partial charge in [0.15, 0.2) is 18.1 Å². The van der Waals surface area contributed by atoms with Crippen LogP contribution in [0.4, 0.5) is 11.4 Å². The van der Waals surface area contributed by atoms with Crippen molar-refractivity contribution in [2.24, 2.45) is 0 Å². The molecule has 1 fully saturated rings. The van der Waals surface area contributed by atoms with E-state index in [1.165, 1.54) is 11.1 Å². The van der Waals surface area contributed by atoms with Gasteiger partial charge in [-0.2, -0.15) is 0 Å². The molecule has 0 atom stereocenters. The normalized spacial score (nSPS) is 14.1. The Hall–Kier alpha value is -4.30. The van der Waals surface area contributed by atoms with Gasteiger partial charge >= 0.3 is 0 Å². The summed E-state index contributed by atoms with van der Waals surface area (Å²) in [6.07, 6.45) is 1.49. The first-order chi connectivity index (χ1) is 16.9. The zero-order valence-corrected chi connectivity index (χ0v) is 19.5. The molecule has 178 valence electrons. The molecule has 8 nitrogen and oxygen atoms in total. The van der Waals surface area contributed by atoms with E-state index in [-0.39, 0.29) is 18.1 Å². The van der Waals surface area contributed by atoms with E-state index < -0.39 is 11.8 Å². The zero-order chi connectivity index (χ0) is 24.8. The highest BCUT2D eigenvalue weighted by atomic mass is 35.5. The van der Waals surface area contributed by atoms with E-state index in [0.29, 0.717) is 40.1 Å².